The van der Waals surface area contributed by atoms with E-state index in [1.54, 1.807) is 12.4 Å². The Balaban J connectivity index is 2.23. The van der Waals surface area contributed by atoms with E-state index in [-0.39, 0.29) is 6.04 Å². The SMILES string of the molecule is CCC(C)n1nc(-c2ccc(Cl)s2)c(-c2ccncc2)c1Cl. The van der Waals surface area contributed by atoms with Crippen molar-refractivity contribution in [3.8, 4) is 21.7 Å². The molecule has 0 saturated heterocycles. The summed E-state index contributed by atoms with van der Waals surface area (Å²) in [6.45, 7) is 4.23. The summed E-state index contributed by atoms with van der Waals surface area (Å²) in [6, 6.07) is 7.99. The number of hydrogen-bond acceptors (Lipinski definition) is 3. The van der Waals surface area contributed by atoms with Gasteiger partial charge in [-0.1, -0.05) is 30.1 Å². The maximum atomic E-state index is 6.65. The number of halogens is 2. The Morgan fingerprint density at radius 2 is 1.91 bits per heavy atom. The van der Waals surface area contributed by atoms with Crippen LogP contribution in [0.3, 0.4) is 0 Å². The van der Waals surface area contributed by atoms with Crippen LogP contribution in [0.5, 0.6) is 0 Å². The van der Waals surface area contributed by atoms with E-state index in [2.05, 4.69) is 18.8 Å². The topological polar surface area (TPSA) is 30.7 Å². The van der Waals surface area contributed by atoms with Crippen LogP contribution in [0.15, 0.2) is 36.7 Å². The van der Waals surface area contributed by atoms with Crippen molar-refractivity contribution < 1.29 is 0 Å². The molecule has 3 aromatic rings. The van der Waals surface area contributed by atoms with Gasteiger partial charge in [0.15, 0.2) is 0 Å². The molecule has 22 heavy (non-hydrogen) atoms. The minimum absolute atomic E-state index is 0.234. The van der Waals surface area contributed by atoms with Crippen molar-refractivity contribution >= 4 is 34.5 Å². The molecule has 6 heteroatoms. The molecule has 3 rings (SSSR count). The fourth-order valence-electron chi connectivity index (χ4n) is 2.27. The monoisotopic (exact) mass is 351 g/mol. The molecule has 0 fully saturated rings. The largest absolute Gasteiger partial charge is 0.265 e. The Hall–Kier alpha value is -1.36. The van der Waals surface area contributed by atoms with E-state index in [4.69, 9.17) is 28.3 Å². The molecule has 0 N–H and O–H groups in total. The fraction of sp³-hybridized carbons (Fsp3) is 0.250. The predicted molar refractivity (Wildman–Crippen MR) is 93.8 cm³/mol. The maximum absolute atomic E-state index is 6.65. The lowest BCUT2D eigenvalue weighted by Gasteiger charge is -2.10. The van der Waals surface area contributed by atoms with Crippen LogP contribution in [0.4, 0.5) is 0 Å². The van der Waals surface area contributed by atoms with Crippen molar-refractivity contribution in [2.24, 2.45) is 0 Å². The zero-order chi connectivity index (χ0) is 15.7. The number of pyridine rings is 1. The minimum atomic E-state index is 0.234. The Labute approximate surface area is 143 Å². The molecule has 0 aromatic carbocycles. The molecule has 0 aliphatic carbocycles. The van der Waals surface area contributed by atoms with Crippen LogP contribution in [0.25, 0.3) is 21.7 Å². The van der Waals surface area contributed by atoms with Crippen molar-refractivity contribution in [2.45, 2.75) is 26.3 Å². The van der Waals surface area contributed by atoms with Crippen LogP contribution in [0.1, 0.15) is 26.3 Å². The van der Waals surface area contributed by atoms with Gasteiger partial charge in [0, 0.05) is 18.0 Å². The second-order valence-corrected chi connectivity index (χ2v) is 7.13. The molecular weight excluding hydrogens is 337 g/mol. The first-order valence-corrected chi connectivity index (χ1v) is 8.63. The first-order chi connectivity index (χ1) is 10.6. The van der Waals surface area contributed by atoms with Gasteiger partial charge < -0.3 is 0 Å². The van der Waals surface area contributed by atoms with Crippen LogP contribution < -0.4 is 0 Å². The Bertz CT molecular complexity index is 780. The quantitative estimate of drug-likeness (QED) is 0.581. The average Bonchev–Trinajstić information content (AvgIpc) is 3.11. The third-order valence-corrected chi connectivity index (χ3v) is 5.24. The molecule has 0 spiro atoms. The summed E-state index contributed by atoms with van der Waals surface area (Å²) in [4.78, 5) is 5.09. The van der Waals surface area contributed by atoms with Gasteiger partial charge in [-0.15, -0.1) is 11.3 Å². The molecule has 0 aliphatic rings. The average molecular weight is 352 g/mol. The van der Waals surface area contributed by atoms with Gasteiger partial charge in [0.05, 0.1) is 15.3 Å². The summed E-state index contributed by atoms with van der Waals surface area (Å²) in [6.07, 6.45) is 4.48. The lowest BCUT2D eigenvalue weighted by atomic mass is 10.1. The molecule has 0 aliphatic heterocycles. The summed E-state index contributed by atoms with van der Waals surface area (Å²) >= 11 is 14.2. The Morgan fingerprint density at radius 1 is 1.18 bits per heavy atom. The minimum Gasteiger partial charge on any atom is -0.265 e. The van der Waals surface area contributed by atoms with Crippen LogP contribution in [0.2, 0.25) is 9.49 Å². The molecule has 0 saturated carbocycles. The molecule has 1 atom stereocenters. The van der Waals surface area contributed by atoms with Crippen molar-refractivity contribution in [2.75, 3.05) is 0 Å². The van der Waals surface area contributed by atoms with Crippen LogP contribution in [-0.2, 0) is 0 Å². The van der Waals surface area contributed by atoms with E-state index in [0.29, 0.717) is 5.15 Å². The summed E-state index contributed by atoms with van der Waals surface area (Å²) < 4.78 is 2.63. The van der Waals surface area contributed by atoms with Gasteiger partial charge in [-0.3, -0.25) is 4.98 Å². The normalized spacial score (nSPS) is 12.5. The number of aromatic nitrogens is 3. The Morgan fingerprint density at radius 3 is 2.50 bits per heavy atom. The summed E-state index contributed by atoms with van der Waals surface area (Å²) in [5.74, 6) is 0. The van der Waals surface area contributed by atoms with Gasteiger partial charge in [0.25, 0.3) is 0 Å². The Kier molecular flexibility index (Phi) is 4.52. The first kappa shape index (κ1) is 15.5. The van der Waals surface area contributed by atoms with Crippen molar-refractivity contribution in [1.82, 2.24) is 14.8 Å². The highest BCUT2D eigenvalue weighted by atomic mass is 35.5. The van der Waals surface area contributed by atoms with Gasteiger partial charge in [-0.25, -0.2) is 4.68 Å². The molecule has 114 valence electrons. The summed E-state index contributed by atoms with van der Waals surface area (Å²) in [5, 5.41) is 5.41. The van der Waals surface area contributed by atoms with E-state index < -0.39 is 0 Å². The van der Waals surface area contributed by atoms with E-state index in [1.807, 2.05) is 28.9 Å². The second-order valence-electron chi connectivity index (χ2n) is 5.06. The second kappa shape index (κ2) is 6.41. The highest BCUT2D eigenvalue weighted by molar-refractivity contribution is 7.19. The molecule has 3 heterocycles. The molecule has 3 aromatic heterocycles. The molecule has 0 bridgehead atoms. The zero-order valence-corrected chi connectivity index (χ0v) is 14.6. The molecule has 1 unspecified atom stereocenters. The van der Waals surface area contributed by atoms with Crippen molar-refractivity contribution in [1.29, 1.82) is 0 Å². The number of thiophene rings is 1. The number of hydrogen-bond donors (Lipinski definition) is 0. The number of rotatable bonds is 4. The van der Waals surface area contributed by atoms with Gasteiger partial charge in [-0.05, 0) is 43.2 Å². The van der Waals surface area contributed by atoms with Crippen LogP contribution in [0, 0.1) is 0 Å². The van der Waals surface area contributed by atoms with Crippen molar-refractivity contribution in [3.05, 3.63) is 46.1 Å². The first-order valence-electron chi connectivity index (χ1n) is 7.06. The molecule has 3 nitrogen and oxygen atoms in total. The number of nitrogens with zero attached hydrogens (tertiary/aromatic N) is 3. The molecular formula is C16H15Cl2N3S. The van der Waals surface area contributed by atoms with Crippen LogP contribution >= 0.6 is 34.5 Å². The molecule has 0 amide bonds. The lowest BCUT2D eigenvalue weighted by Crippen LogP contribution is -2.05. The van der Waals surface area contributed by atoms with Gasteiger partial charge in [-0.2, -0.15) is 5.10 Å². The van der Waals surface area contributed by atoms with Crippen molar-refractivity contribution in [3.63, 3.8) is 0 Å². The highest BCUT2D eigenvalue weighted by Gasteiger charge is 2.22. The summed E-state index contributed by atoms with van der Waals surface area (Å²) in [7, 11) is 0. The van der Waals surface area contributed by atoms with E-state index in [0.717, 1.165) is 32.5 Å². The standard InChI is InChI=1S/C16H15Cl2N3S/c1-3-10(2)21-16(18)14(11-6-8-19-9-7-11)15(20-21)12-4-5-13(17)22-12/h4-10H,3H2,1-2H3. The van der Waals surface area contributed by atoms with Crippen LogP contribution in [-0.4, -0.2) is 14.8 Å². The third-order valence-electron chi connectivity index (χ3n) is 3.64. The smallest absolute Gasteiger partial charge is 0.135 e. The fourth-order valence-corrected chi connectivity index (χ4v) is 3.70. The third kappa shape index (κ3) is 2.78. The van der Waals surface area contributed by atoms with E-state index in [1.165, 1.54) is 11.3 Å². The maximum Gasteiger partial charge on any atom is 0.135 e. The summed E-state index contributed by atoms with van der Waals surface area (Å²) in [5.41, 5.74) is 2.81. The highest BCUT2D eigenvalue weighted by Crippen LogP contribution is 2.41. The van der Waals surface area contributed by atoms with Gasteiger partial charge >= 0.3 is 0 Å². The predicted octanol–water partition coefficient (Wildman–Crippen LogP) is 5.95. The zero-order valence-electron chi connectivity index (χ0n) is 12.3. The van der Waals surface area contributed by atoms with Gasteiger partial charge in [0.1, 0.15) is 10.8 Å². The van der Waals surface area contributed by atoms with E-state index >= 15 is 0 Å². The lowest BCUT2D eigenvalue weighted by molar-refractivity contribution is 0.480. The molecule has 0 radical (unpaired) electrons. The van der Waals surface area contributed by atoms with Gasteiger partial charge in [0.2, 0.25) is 0 Å². The van der Waals surface area contributed by atoms with E-state index in [9.17, 15) is 0 Å².